The highest BCUT2D eigenvalue weighted by Gasteiger charge is 2.32. The van der Waals surface area contributed by atoms with E-state index in [1.807, 2.05) is 74.5 Å². The molecule has 1 aliphatic heterocycles. The molecule has 2 aromatic carbocycles. The minimum atomic E-state index is -0.0418. The molecule has 1 heterocycles. The summed E-state index contributed by atoms with van der Waals surface area (Å²) in [4.78, 5) is 19.0. The first kappa shape index (κ1) is 14.3. The van der Waals surface area contributed by atoms with Gasteiger partial charge in [0.2, 0.25) is 0 Å². The van der Waals surface area contributed by atoms with Gasteiger partial charge in [-0.05, 0) is 32.0 Å². The van der Waals surface area contributed by atoms with Gasteiger partial charge in [-0.3, -0.25) is 4.79 Å². The molecule has 0 bridgehead atoms. The molecule has 0 spiro atoms. The molecule has 0 radical (unpaired) electrons. The Morgan fingerprint density at radius 1 is 1.09 bits per heavy atom. The Bertz CT molecular complexity index is 757. The quantitative estimate of drug-likeness (QED) is 0.785. The number of amides is 1. The van der Waals surface area contributed by atoms with Crippen molar-refractivity contribution in [2.75, 3.05) is 11.4 Å². The van der Waals surface area contributed by atoms with E-state index in [9.17, 15) is 4.79 Å². The molecule has 0 saturated carbocycles. The molecule has 0 N–H and O–H groups in total. The molecule has 110 valence electrons. The highest BCUT2D eigenvalue weighted by atomic mass is 16.2. The highest BCUT2D eigenvalue weighted by Crippen LogP contribution is 2.30. The van der Waals surface area contributed by atoms with E-state index < -0.39 is 0 Å². The summed E-state index contributed by atoms with van der Waals surface area (Å²) in [6, 6.07) is 15.7. The van der Waals surface area contributed by atoms with E-state index in [2.05, 4.69) is 4.99 Å². The Kier molecular flexibility index (Phi) is 3.88. The molecule has 3 heteroatoms. The molecule has 0 atom stereocenters. The third-order valence-electron chi connectivity index (χ3n) is 3.70. The zero-order valence-corrected chi connectivity index (χ0v) is 12.8. The second-order valence-electron chi connectivity index (χ2n) is 5.30. The van der Waals surface area contributed by atoms with E-state index in [1.54, 1.807) is 4.90 Å². The summed E-state index contributed by atoms with van der Waals surface area (Å²) in [6.45, 7) is 4.55. The fourth-order valence-electron chi connectivity index (χ4n) is 2.51. The predicted molar refractivity (Wildman–Crippen MR) is 91.0 cm³/mol. The van der Waals surface area contributed by atoms with E-state index in [0.717, 1.165) is 16.9 Å². The van der Waals surface area contributed by atoms with Crippen molar-refractivity contribution in [3.05, 3.63) is 71.8 Å². The summed E-state index contributed by atoms with van der Waals surface area (Å²) < 4.78 is 0. The lowest BCUT2D eigenvalue weighted by atomic mass is 10.1. The van der Waals surface area contributed by atoms with Crippen molar-refractivity contribution in [2.24, 2.45) is 4.99 Å². The minimum Gasteiger partial charge on any atom is -0.303 e. The maximum Gasteiger partial charge on any atom is 0.277 e. The monoisotopic (exact) mass is 290 g/mol. The molecule has 3 nitrogen and oxygen atoms in total. The average molecular weight is 290 g/mol. The lowest BCUT2D eigenvalue weighted by molar-refractivity contribution is -0.112. The summed E-state index contributed by atoms with van der Waals surface area (Å²) in [5.74, 6) is -0.0418. The van der Waals surface area contributed by atoms with Gasteiger partial charge in [0.05, 0.1) is 11.4 Å². The molecule has 0 saturated heterocycles. The SMILES string of the molecule is C/C=C\CN1C(=O)C(=Nc2ccc(C)cc2)c2ccccc21. The first-order valence-electron chi connectivity index (χ1n) is 7.38. The molecule has 0 fully saturated rings. The molecular formula is C19H18N2O. The van der Waals surface area contributed by atoms with E-state index in [1.165, 1.54) is 5.56 Å². The van der Waals surface area contributed by atoms with Crippen molar-refractivity contribution in [1.29, 1.82) is 0 Å². The number of anilines is 1. The topological polar surface area (TPSA) is 32.7 Å². The van der Waals surface area contributed by atoms with E-state index in [4.69, 9.17) is 0 Å². The van der Waals surface area contributed by atoms with Gasteiger partial charge in [0.1, 0.15) is 5.71 Å². The van der Waals surface area contributed by atoms with Crippen molar-refractivity contribution in [3.8, 4) is 0 Å². The Labute approximate surface area is 130 Å². The lowest BCUT2D eigenvalue weighted by Gasteiger charge is -2.13. The molecule has 2 aromatic rings. The van der Waals surface area contributed by atoms with Gasteiger partial charge in [0, 0.05) is 12.1 Å². The van der Waals surface area contributed by atoms with Gasteiger partial charge in [-0.2, -0.15) is 0 Å². The van der Waals surface area contributed by atoms with E-state index >= 15 is 0 Å². The Hall–Kier alpha value is -2.68. The molecule has 0 aliphatic carbocycles. The number of benzene rings is 2. The Morgan fingerprint density at radius 3 is 2.55 bits per heavy atom. The molecular weight excluding hydrogens is 272 g/mol. The van der Waals surface area contributed by atoms with Crippen molar-refractivity contribution < 1.29 is 4.79 Å². The fraction of sp³-hybridized carbons (Fsp3) is 0.158. The summed E-state index contributed by atoms with van der Waals surface area (Å²) in [6.07, 6.45) is 3.93. The summed E-state index contributed by atoms with van der Waals surface area (Å²) in [5, 5.41) is 0. The minimum absolute atomic E-state index is 0.0418. The number of hydrogen-bond donors (Lipinski definition) is 0. The third-order valence-corrected chi connectivity index (χ3v) is 3.70. The van der Waals surface area contributed by atoms with Gasteiger partial charge < -0.3 is 4.90 Å². The Morgan fingerprint density at radius 2 is 1.82 bits per heavy atom. The maximum absolute atomic E-state index is 12.7. The van der Waals surface area contributed by atoms with Crippen LogP contribution in [-0.2, 0) is 4.79 Å². The number of carbonyl (C=O) groups excluding carboxylic acids is 1. The molecule has 3 rings (SSSR count). The molecule has 0 unspecified atom stereocenters. The van der Waals surface area contributed by atoms with Crippen LogP contribution in [-0.4, -0.2) is 18.2 Å². The molecule has 0 aromatic heterocycles. The van der Waals surface area contributed by atoms with Crippen LogP contribution in [0, 0.1) is 6.92 Å². The number of para-hydroxylation sites is 1. The van der Waals surface area contributed by atoms with Crippen LogP contribution < -0.4 is 4.90 Å². The van der Waals surface area contributed by atoms with Crippen LogP contribution in [0.25, 0.3) is 0 Å². The molecule has 1 amide bonds. The van der Waals surface area contributed by atoms with Crippen molar-refractivity contribution in [2.45, 2.75) is 13.8 Å². The van der Waals surface area contributed by atoms with E-state index in [0.29, 0.717) is 12.3 Å². The van der Waals surface area contributed by atoms with Crippen LogP contribution >= 0.6 is 0 Å². The van der Waals surface area contributed by atoms with Gasteiger partial charge in [0.25, 0.3) is 5.91 Å². The average Bonchev–Trinajstić information content (AvgIpc) is 2.80. The van der Waals surface area contributed by atoms with Crippen molar-refractivity contribution in [1.82, 2.24) is 0 Å². The number of rotatable bonds is 3. The molecule has 22 heavy (non-hydrogen) atoms. The van der Waals surface area contributed by atoms with Crippen LogP contribution in [0.5, 0.6) is 0 Å². The van der Waals surface area contributed by atoms with Crippen molar-refractivity contribution in [3.63, 3.8) is 0 Å². The summed E-state index contributed by atoms with van der Waals surface area (Å²) in [5.41, 5.74) is 4.33. The number of carbonyl (C=O) groups is 1. The van der Waals surface area contributed by atoms with Crippen LogP contribution in [0.4, 0.5) is 11.4 Å². The second-order valence-corrected chi connectivity index (χ2v) is 5.30. The predicted octanol–water partition coefficient (Wildman–Crippen LogP) is 4.04. The number of aliphatic imine (C=N–C) groups is 1. The lowest BCUT2D eigenvalue weighted by Crippen LogP contribution is -2.30. The molecule has 1 aliphatic rings. The van der Waals surface area contributed by atoms with Gasteiger partial charge in [-0.15, -0.1) is 0 Å². The van der Waals surface area contributed by atoms with Crippen molar-refractivity contribution >= 4 is 23.0 Å². The van der Waals surface area contributed by atoms with Crippen LogP contribution in [0.3, 0.4) is 0 Å². The number of allylic oxidation sites excluding steroid dienone is 1. The Balaban J connectivity index is 2.05. The standard InChI is InChI=1S/C19H18N2O/c1-3-4-13-21-17-8-6-5-7-16(17)18(19(21)22)20-15-11-9-14(2)10-12-15/h3-12H,13H2,1-2H3/b4-3-,20-18?. The van der Waals surface area contributed by atoms with Crippen LogP contribution in [0.2, 0.25) is 0 Å². The number of hydrogen-bond acceptors (Lipinski definition) is 2. The number of aryl methyl sites for hydroxylation is 1. The van der Waals surface area contributed by atoms with Gasteiger partial charge in [-0.1, -0.05) is 48.0 Å². The summed E-state index contributed by atoms with van der Waals surface area (Å²) >= 11 is 0. The zero-order valence-electron chi connectivity index (χ0n) is 12.8. The van der Waals surface area contributed by atoms with Crippen LogP contribution in [0.1, 0.15) is 18.1 Å². The zero-order chi connectivity index (χ0) is 15.5. The number of fused-ring (bicyclic) bond motifs is 1. The number of nitrogens with zero attached hydrogens (tertiary/aromatic N) is 2. The van der Waals surface area contributed by atoms with Gasteiger partial charge in [-0.25, -0.2) is 4.99 Å². The normalized spacial score (nSPS) is 15.8. The van der Waals surface area contributed by atoms with Crippen LogP contribution in [0.15, 0.2) is 65.7 Å². The second kappa shape index (κ2) is 5.98. The maximum atomic E-state index is 12.7. The first-order chi connectivity index (χ1) is 10.7. The highest BCUT2D eigenvalue weighted by molar-refractivity contribution is 6.54. The first-order valence-corrected chi connectivity index (χ1v) is 7.38. The van der Waals surface area contributed by atoms with Gasteiger partial charge >= 0.3 is 0 Å². The van der Waals surface area contributed by atoms with E-state index in [-0.39, 0.29) is 5.91 Å². The van der Waals surface area contributed by atoms with Gasteiger partial charge in [0.15, 0.2) is 0 Å². The largest absolute Gasteiger partial charge is 0.303 e. The smallest absolute Gasteiger partial charge is 0.277 e. The summed E-state index contributed by atoms with van der Waals surface area (Å²) in [7, 11) is 0. The fourth-order valence-corrected chi connectivity index (χ4v) is 2.51. The third kappa shape index (κ3) is 2.58.